The number of primary amides is 1. The van der Waals surface area contributed by atoms with Crippen molar-refractivity contribution in [2.75, 3.05) is 19.6 Å². The molecule has 0 aromatic rings. The molecule has 4 N–H and O–H groups in total. The van der Waals surface area contributed by atoms with E-state index in [0.29, 0.717) is 6.42 Å². The third kappa shape index (κ3) is 5.74. The second kappa shape index (κ2) is 6.80. The molecule has 0 spiro atoms. The van der Waals surface area contributed by atoms with Crippen molar-refractivity contribution in [3.63, 3.8) is 0 Å². The lowest BCUT2D eigenvalue weighted by molar-refractivity contribution is -0.122. The van der Waals surface area contributed by atoms with E-state index in [4.69, 9.17) is 11.5 Å². The fourth-order valence-electron chi connectivity index (χ4n) is 1.48. The smallest absolute Gasteiger partial charge is 0.237 e. The summed E-state index contributed by atoms with van der Waals surface area (Å²) < 4.78 is 0. The molecule has 0 saturated heterocycles. The van der Waals surface area contributed by atoms with Gasteiger partial charge in [-0.2, -0.15) is 0 Å². The standard InChI is InChI=1S/C11H25N3O/c1-4-7-14(8-5-2)9-6-11(3,13)10(12)15/h4-9,13H2,1-3H3,(H2,12,15). The van der Waals surface area contributed by atoms with Crippen LogP contribution in [0, 0.1) is 0 Å². The number of carbonyl (C=O) groups excluding carboxylic acids is 1. The van der Waals surface area contributed by atoms with Gasteiger partial charge in [0.1, 0.15) is 0 Å². The maximum absolute atomic E-state index is 11.0. The average molecular weight is 215 g/mol. The van der Waals surface area contributed by atoms with Crippen LogP contribution >= 0.6 is 0 Å². The van der Waals surface area contributed by atoms with Crippen molar-refractivity contribution in [1.82, 2.24) is 4.90 Å². The van der Waals surface area contributed by atoms with Gasteiger partial charge in [-0.15, -0.1) is 0 Å². The van der Waals surface area contributed by atoms with Crippen LogP contribution in [0.5, 0.6) is 0 Å². The largest absolute Gasteiger partial charge is 0.368 e. The van der Waals surface area contributed by atoms with Crippen LogP contribution in [0.1, 0.15) is 40.0 Å². The average Bonchev–Trinajstić information content (AvgIpc) is 2.15. The molecule has 4 heteroatoms. The number of nitrogens with two attached hydrogens (primary N) is 2. The zero-order chi connectivity index (χ0) is 11.9. The van der Waals surface area contributed by atoms with E-state index in [9.17, 15) is 4.79 Å². The molecule has 0 heterocycles. The van der Waals surface area contributed by atoms with Gasteiger partial charge >= 0.3 is 0 Å². The SMILES string of the molecule is CCCN(CCC)CCC(C)(N)C(N)=O. The van der Waals surface area contributed by atoms with Gasteiger partial charge in [-0.25, -0.2) is 0 Å². The number of nitrogens with zero attached hydrogens (tertiary/aromatic N) is 1. The van der Waals surface area contributed by atoms with Gasteiger partial charge in [-0.3, -0.25) is 4.79 Å². The molecule has 0 aliphatic heterocycles. The van der Waals surface area contributed by atoms with E-state index in [2.05, 4.69) is 18.7 Å². The molecular weight excluding hydrogens is 190 g/mol. The predicted octanol–water partition coefficient (Wildman–Crippen LogP) is 0.701. The van der Waals surface area contributed by atoms with Crippen LogP contribution in [-0.2, 0) is 4.79 Å². The molecule has 90 valence electrons. The number of carbonyl (C=O) groups is 1. The Labute approximate surface area is 93.0 Å². The molecule has 0 aliphatic rings. The maximum Gasteiger partial charge on any atom is 0.237 e. The van der Waals surface area contributed by atoms with E-state index in [1.54, 1.807) is 6.92 Å². The Kier molecular flexibility index (Phi) is 6.52. The third-order valence-electron chi connectivity index (χ3n) is 2.59. The molecule has 0 bridgehead atoms. The first-order valence-electron chi connectivity index (χ1n) is 5.75. The van der Waals surface area contributed by atoms with Crippen molar-refractivity contribution in [1.29, 1.82) is 0 Å². The molecule has 4 nitrogen and oxygen atoms in total. The van der Waals surface area contributed by atoms with Crippen LogP contribution in [-0.4, -0.2) is 36.0 Å². The lowest BCUT2D eigenvalue weighted by Crippen LogP contribution is -2.51. The van der Waals surface area contributed by atoms with Crippen LogP contribution in [0.25, 0.3) is 0 Å². The topological polar surface area (TPSA) is 72.3 Å². The molecule has 1 atom stereocenters. The summed E-state index contributed by atoms with van der Waals surface area (Å²) in [4.78, 5) is 13.4. The normalized spacial score (nSPS) is 15.3. The van der Waals surface area contributed by atoms with Gasteiger partial charge in [0.2, 0.25) is 5.91 Å². The first-order chi connectivity index (χ1) is 6.94. The Hall–Kier alpha value is -0.610. The van der Waals surface area contributed by atoms with E-state index in [0.717, 1.165) is 32.5 Å². The number of hydrogen-bond acceptors (Lipinski definition) is 3. The molecule has 1 amide bonds. The molecule has 0 aromatic heterocycles. The van der Waals surface area contributed by atoms with Crippen molar-refractivity contribution >= 4 is 5.91 Å². The molecule has 15 heavy (non-hydrogen) atoms. The van der Waals surface area contributed by atoms with Crippen LogP contribution in [0.3, 0.4) is 0 Å². The second-order valence-electron chi connectivity index (χ2n) is 4.37. The summed E-state index contributed by atoms with van der Waals surface area (Å²) in [6, 6.07) is 0. The van der Waals surface area contributed by atoms with Crippen LogP contribution in [0.15, 0.2) is 0 Å². The molecule has 0 radical (unpaired) electrons. The molecule has 0 fully saturated rings. The Morgan fingerprint density at radius 3 is 2.00 bits per heavy atom. The third-order valence-corrected chi connectivity index (χ3v) is 2.59. The summed E-state index contributed by atoms with van der Waals surface area (Å²) in [5.74, 6) is -0.421. The van der Waals surface area contributed by atoms with Gasteiger partial charge in [0.15, 0.2) is 0 Å². The summed E-state index contributed by atoms with van der Waals surface area (Å²) >= 11 is 0. The summed E-state index contributed by atoms with van der Waals surface area (Å²) in [5, 5.41) is 0. The summed E-state index contributed by atoms with van der Waals surface area (Å²) in [6.07, 6.45) is 2.87. The first kappa shape index (κ1) is 14.4. The molecule has 0 aliphatic carbocycles. The minimum Gasteiger partial charge on any atom is -0.368 e. The number of amides is 1. The first-order valence-corrected chi connectivity index (χ1v) is 5.75. The van der Waals surface area contributed by atoms with Gasteiger partial charge < -0.3 is 16.4 Å². The zero-order valence-corrected chi connectivity index (χ0v) is 10.3. The number of rotatable bonds is 8. The van der Waals surface area contributed by atoms with E-state index in [1.165, 1.54) is 0 Å². The second-order valence-corrected chi connectivity index (χ2v) is 4.37. The molecule has 1 unspecified atom stereocenters. The number of hydrogen-bond donors (Lipinski definition) is 2. The Morgan fingerprint density at radius 2 is 1.67 bits per heavy atom. The quantitative estimate of drug-likeness (QED) is 0.626. The summed E-state index contributed by atoms with van der Waals surface area (Å²) in [7, 11) is 0. The monoisotopic (exact) mass is 215 g/mol. The minimum atomic E-state index is -0.875. The lowest BCUT2D eigenvalue weighted by atomic mass is 9.98. The Bertz CT molecular complexity index is 186. The fraction of sp³-hybridized carbons (Fsp3) is 0.909. The lowest BCUT2D eigenvalue weighted by Gasteiger charge is -2.26. The van der Waals surface area contributed by atoms with Crippen molar-refractivity contribution in [3.8, 4) is 0 Å². The predicted molar refractivity (Wildman–Crippen MR) is 63.4 cm³/mol. The van der Waals surface area contributed by atoms with E-state index in [1.807, 2.05) is 0 Å². The van der Waals surface area contributed by atoms with Crippen LogP contribution in [0.4, 0.5) is 0 Å². The highest BCUT2D eigenvalue weighted by Crippen LogP contribution is 2.07. The maximum atomic E-state index is 11.0. The van der Waals surface area contributed by atoms with E-state index in [-0.39, 0.29) is 0 Å². The van der Waals surface area contributed by atoms with Gasteiger partial charge in [-0.1, -0.05) is 13.8 Å². The molecule has 0 aromatic carbocycles. The summed E-state index contributed by atoms with van der Waals surface area (Å²) in [5.41, 5.74) is 10.1. The fourth-order valence-corrected chi connectivity index (χ4v) is 1.48. The van der Waals surface area contributed by atoms with Crippen molar-refractivity contribution in [3.05, 3.63) is 0 Å². The molecular formula is C11H25N3O. The zero-order valence-electron chi connectivity index (χ0n) is 10.3. The highest BCUT2D eigenvalue weighted by atomic mass is 16.1. The van der Waals surface area contributed by atoms with Crippen LogP contribution in [0.2, 0.25) is 0 Å². The van der Waals surface area contributed by atoms with Crippen molar-refractivity contribution < 1.29 is 4.79 Å². The van der Waals surface area contributed by atoms with E-state index >= 15 is 0 Å². The van der Waals surface area contributed by atoms with Crippen LogP contribution < -0.4 is 11.5 Å². The Balaban J connectivity index is 4.02. The van der Waals surface area contributed by atoms with Gasteiger partial charge in [0.05, 0.1) is 5.54 Å². The summed E-state index contributed by atoms with van der Waals surface area (Å²) in [6.45, 7) is 8.96. The molecule has 0 saturated carbocycles. The minimum absolute atomic E-state index is 0.421. The van der Waals surface area contributed by atoms with Gasteiger partial charge in [-0.05, 0) is 39.3 Å². The van der Waals surface area contributed by atoms with E-state index < -0.39 is 11.4 Å². The van der Waals surface area contributed by atoms with Crippen molar-refractivity contribution in [2.45, 2.75) is 45.6 Å². The van der Waals surface area contributed by atoms with Crippen molar-refractivity contribution in [2.24, 2.45) is 11.5 Å². The van der Waals surface area contributed by atoms with Gasteiger partial charge in [0, 0.05) is 6.54 Å². The highest BCUT2D eigenvalue weighted by molar-refractivity contribution is 5.83. The highest BCUT2D eigenvalue weighted by Gasteiger charge is 2.25. The van der Waals surface area contributed by atoms with Gasteiger partial charge in [0.25, 0.3) is 0 Å². The Morgan fingerprint density at radius 1 is 1.20 bits per heavy atom. The molecule has 0 rings (SSSR count).